The van der Waals surface area contributed by atoms with Crippen LogP contribution in [0.2, 0.25) is 0 Å². The second-order valence-corrected chi connectivity index (χ2v) is 14.3. The summed E-state index contributed by atoms with van der Waals surface area (Å²) in [7, 11) is 0. The molecule has 0 bridgehead atoms. The predicted octanol–water partition coefficient (Wildman–Crippen LogP) is 14.3. The van der Waals surface area contributed by atoms with Crippen molar-refractivity contribution < 1.29 is 0 Å². The highest BCUT2D eigenvalue weighted by atomic mass is 15.0. The van der Waals surface area contributed by atoms with E-state index in [9.17, 15) is 0 Å². The highest BCUT2D eigenvalue weighted by Crippen LogP contribution is 2.45. The summed E-state index contributed by atoms with van der Waals surface area (Å²) in [6.45, 7) is 0. The van der Waals surface area contributed by atoms with Crippen LogP contribution in [0.3, 0.4) is 0 Å². The number of fused-ring (bicyclic) bond motifs is 10. The van der Waals surface area contributed by atoms with Crippen LogP contribution in [-0.4, -0.2) is 9.55 Å². The van der Waals surface area contributed by atoms with E-state index in [1.165, 1.54) is 70.8 Å². The van der Waals surface area contributed by atoms with Gasteiger partial charge in [0.1, 0.15) is 0 Å². The largest absolute Gasteiger partial charge is 0.309 e. The minimum Gasteiger partial charge on any atom is -0.309 e. The van der Waals surface area contributed by atoms with Gasteiger partial charge in [0.05, 0.1) is 22.4 Å². The molecule has 9 aromatic carbocycles. The Bertz CT molecular complexity index is 3230. The lowest BCUT2D eigenvalue weighted by Gasteiger charge is -2.14. The third-order valence-electron chi connectivity index (χ3n) is 11.1. The zero-order valence-corrected chi connectivity index (χ0v) is 30.0. The van der Waals surface area contributed by atoms with Crippen LogP contribution in [0.5, 0.6) is 0 Å². The molecule has 0 aliphatic carbocycles. The predicted molar refractivity (Wildman–Crippen MR) is 233 cm³/mol. The van der Waals surface area contributed by atoms with Gasteiger partial charge in [-0.1, -0.05) is 170 Å². The van der Waals surface area contributed by atoms with E-state index in [4.69, 9.17) is 4.98 Å². The van der Waals surface area contributed by atoms with Gasteiger partial charge in [0.15, 0.2) is 0 Å². The number of rotatable bonds is 5. The lowest BCUT2D eigenvalue weighted by molar-refractivity contribution is 1.19. The van der Waals surface area contributed by atoms with Crippen molar-refractivity contribution in [3.8, 4) is 50.5 Å². The van der Waals surface area contributed by atoms with Gasteiger partial charge in [-0.2, -0.15) is 0 Å². The fourth-order valence-corrected chi connectivity index (χ4v) is 8.60. The second-order valence-electron chi connectivity index (χ2n) is 14.3. The maximum atomic E-state index is 5.32. The first-order valence-electron chi connectivity index (χ1n) is 18.9. The fourth-order valence-electron chi connectivity index (χ4n) is 8.60. The molecule has 11 aromatic rings. The minimum atomic E-state index is 0.943. The zero-order chi connectivity index (χ0) is 36.3. The molecule has 11 rings (SSSR count). The van der Waals surface area contributed by atoms with Crippen LogP contribution in [0.25, 0.3) is 105 Å². The Morgan fingerprint density at radius 3 is 1.65 bits per heavy atom. The first-order valence-corrected chi connectivity index (χ1v) is 18.9. The lowest BCUT2D eigenvalue weighted by Crippen LogP contribution is -1.96. The van der Waals surface area contributed by atoms with Crippen LogP contribution in [-0.2, 0) is 0 Å². The van der Waals surface area contributed by atoms with E-state index in [1.807, 2.05) is 0 Å². The molecule has 256 valence electrons. The van der Waals surface area contributed by atoms with Crippen molar-refractivity contribution in [2.24, 2.45) is 0 Å². The van der Waals surface area contributed by atoms with E-state index in [1.54, 1.807) is 0 Å². The quantitative estimate of drug-likeness (QED) is 0.164. The molecule has 0 fully saturated rings. The first kappa shape index (κ1) is 31.3. The van der Waals surface area contributed by atoms with Crippen LogP contribution in [0.4, 0.5) is 0 Å². The van der Waals surface area contributed by atoms with Gasteiger partial charge in [-0.15, -0.1) is 0 Å². The van der Waals surface area contributed by atoms with Gasteiger partial charge in [0, 0.05) is 38.4 Å². The molecule has 2 aromatic heterocycles. The summed E-state index contributed by atoms with van der Waals surface area (Å²) in [5, 5.41) is 10.2. The van der Waals surface area contributed by atoms with Crippen LogP contribution in [0.15, 0.2) is 206 Å². The normalized spacial score (nSPS) is 11.6. The number of benzene rings is 9. The van der Waals surface area contributed by atoms with Crippen molar-refractivity contribution in [3.05, 3.63) is 206 Å². The van der Waals surface area contributed by atoms with Crippen molar-refractivity contribution in [2.75, 3.05) is 0 Å². The van der Waals surface area contributed by atoms with Gasteiger partial charge in [0.2, 0.25) is 0 Å². The highest BCUT2D eigenvalue weighted by molar-refractivity contribution is 6.36. The van der Waals surface area contributed by atoms with Crippen molar-refractivity contribution in [1.82, 2.24) is 9.55 Å². The molecule has 0 aliphatic rings. The van der Waals surface area contributed by atoms with Gasteiger partial charge in [0.25, 0.3) is 0 Å². The maximum absolute atomic E-state index is 5.32. The third kappa shape index (κ3) is 5.15. The summed E-state index contributed by atoms with van der Waals surface area (Å²) in [4.78, 5) is 5.32. The van der Waals surface area contributed by atoms with Gasteiger partial charge in [-0.25, -0.2) is 4.98 Å². The van der Waals surface area contributed by atoms with E-state index < -0.39 is 0 Å². The molecule has 0 saturated heterocycles. The molecule has 0 N–H and O–H groups in total. The number of aromatic nitrogens is 2. The lowest BCUT2D eigenvalue weighted by atomic mass is 9.93. The topological polar surface area (TPSA) is 17.8 Å². The molecule has 2 heteroatoms. The smallest absolute Gasteiger partial charge is 0.0715 e. The van der Waals surface area contributed by atoms with E-state index in [-0.39, 0.29) is 0 Å². The summed E-state index contributed by atoms with van der Waals surface area (Å²) < 4.78 is 2.46. The Hall–Kier alpha value is -7.29. The Kier molecular flexibility index (Phi) is 7.21. The van der Waals surface area contributed by atoms with Crippen LogP contribution in [0, 0.1) is 0 Å². The molecule has 0 amide bonds. The molecular formula is C53H34N2. The van der Waals surface area contributed by atoms with Crippen molar-refractivity contribution in [2.45, 2.75) is 0 Å². The van der Waals surface area contributed by atoms with Crippen molar-refractivity contribution in [1.29, 1.82) is 0 Å². The third-order valence-corrected chi connectivity index (χ3v) is 11.1. The van der Waals surface area contributed by atoms with Crippen LogP contribution >= 0.6 is 0 Å². The van der Waals surface area contributed by atoms with Gasteiger partial charge in [-0.05, 0) is 80.2 Å². The minimum absolute atomic E-state index is 0.943. The average molecular weight is 699 g/mol. The SMILES string of the molecule is c1ccc(-c2cccc(-c3cc(-c4ccccc4)cc(-c4ccc(-n5c6ccccc6c6c7c8ccccc8ccc7c7ccccc7c65)cc4)n3)c2)cc1. The first-order chi connectivity index (χ1) is 27.3. The Morgan fingerprint density at radius 2 is 0.891 bits per heavy atom. The highest BCUT2D eigenvalue weighted by Gasteiger charge is 2.20. The molecule has 0 spiro atoms. The number of pyridine rings is 1. The summed E-state index contributed by atoms with van der Waals surface area (Å²) >= 11 is 0. The van der Waals surface area contributed by atoms with Crippen molar-refractivity contribution >= 4 is 54.1 Å². The van der Waals surface area contributed by atoms with E-state index >= 15 is 0 Å². The fraction of sp³-hybridized carbons (Fsp3) is 0. The summed E-state index contributed by atoms with van der Waals surface area (Å²) in [6, 6.07) is 74.4. The number of nitrogens with zero attached hydrogens (tertiary/aromatic N) is 2. The van der Waals surface area contributed by atoms with E-state index in [2.05, 4.69) is 211 Å². The van der Waals surface area contributed by atoms with Gasteiger partial charge >= 0.3 is 0 Å². The molecule has 0 atom stereocenters. The van der Waals surface area contributed by atoms with Crippen molar-refractivity contribution in [3.63, 3.8) is 0 Å². The van der Waals surface area contributed by atoms with E-state index in [0.717, 1.165) is 33.8 Å². The maximum Gasteiger partial charge on any atom is 0.0715 e. The second kappa shape index (κ2) is 12.7. The van der Waals surface area contributed by atoms with Crippen LogP contribution < -0.4 is 0 Å². The molecule has 55 heavy (non-hydrogen) atoms. The summed E-state index contributed by atoms with van der Waals surface area (Å²) in [5.41, 5.74) is 12.3. The Morgan fingerprint density at radius 1 is 0.309 bits per heavy atom. The summed E-state index contributed by atoms with van der Waals surface area (Å²) in [6.07, 6.45) is 0. The Labute approximate surface area is 319 Å². The molecule has 0 radical (unpaired) electrons. The van der Waals surface area contributed by atoms with E-state index in [0.29, 0.717) is 0 Å². The van der Waals surface area contributed by atoms with Gasteiger partial charge in [-0.3, -0.25) is 0 Å². The molecular weight excluding hydrogens is 665 g/mol. The number of hydrogen-bond acceptors (Lipinski definition) is 1. The monoisotopic (exact) mass is 698 g/mol. The average Bonchev–Trinajstić information content (AvgIpc) is 3.62. The van der Waals surface area contributed by atoms with Gasteiger partial charge < -0.3 is 4.57 Å². The number of para-hydroxylation sites is 1. The molecule has 0 aliphatic heterocycles. The molecule has 0 saturated carbocycles. The van der Waals surface area contributed by atoms with Crippen LogP contribution in [0.1, 0.15) is 0 Å². The Balaban J connectivity index is 1.11. The summed E-state index contributed by atoms with van der Waals surface area (Å²) in [5.74, 6) is 0. The molecule has 2 nitrogen and oxygen atoms in total. The molecule has 0 unspecified atom stereocenters. The number of hydrogen-bond donors (Lipinski definition) is 0. The molecule has 2 heterocycles. The zero-order valence-electron chi connectivity index (χ0n) is 30.0. The standard InChI is InChI=1S/C53H34N2/c1-3-14-35(15-4-1)39-19-13-20-40(32-39)49-34-41(36-16-5-2-6-17-36)33-48(54-49)38-26-29-42(30-27-38)55-50-25-12-11-24-47(50)52-51-43-21-8-7-18-37(43)28-31-45(51)44-22-9-10-23-46(44)53(52)55/h1-34H.